The number of likely N-dealkylation sites (tertiary alicyclic amines) is 1. The first-order valence-corrected chi connectivity index (χ1v) is 6.40. The molecule has 0 radical (unpaired) electrons. The Morgan fingerprint density at radius 2 is 2.32 bits per heavy atom. The van der Waals surface area contributed by atoms with E-state index >= 15 is 0 Å². The minimum atomic E-state index is -0.481. The molecule has 3 N–H and O–H groups in total. The second-order valence-corrected chi connectivity index (χ2v) is 5.22. The monoisotopic (exact) mass is 265 g/mol. The number of hydrogen-bond acceptors (Lipinski definition) is 5. The Kier molecular flexibility index (Phi) is 4.01. The van der Waals surface area contributed by atoms with Crippen molar-refractivity contribution in [2.75, 3.05) is 18.8 Å². The van der Waals surface area contributed by atoms with Crippen molar-refractivity contribution in [3.05, 3.63) is 33.9 Å². The van der Waals surface area contributed by atoms with E-state index in [1.165, 1.54) is 6.07 Å². The summed E-state index contributed by atoms with van der Waals surface area (Å²) in [7, 11) is 0. The van der Waals surface area contributed by atoms with Gasteiger partial charge in [0.15, 0.2) is 0 Å². The summed E-state index contributed by atoms with van der Waals surface area (Å²) < 4.78 is 0. The molecule has 0 spiro atoms. The van der Waals surface area contributed by atoms with Gasteiger partial charge in [-0.2, -0.15) is 0 Å². The van der Waals surface area contributed by atoms with Gasteiger partial charge < -0.3 is 10.8 Å². The minimum Gasteiger partial charge on any atom is -0.393 e. The Morgan fingerprint density at radius 1 is 1.58 bits per heavy atom. The van der Waals surface area contributed by atoms with E-state index in [0.29, 0.717) is 19.0 Å². The topological polar surface area (TPSA) is 92.6 Å². The molecule has 2 atom stereocenters. The van der Waals surface area contributed by atoms with Crippen LogP contribution in [0.1, 0.15) is 18.9 Å². The van der Waals surface area contributed by atoms with E-state index in [-0.39, 0.29) is 17.5 Å². The highest BCUT2D eigenvalue weighted by atomic mass is 16.6. The fourth-order valence-electron chi connectivity index (χ4n) is 2.38. The Morgan fingerprint density at radius 3 is 2.89 bits per heavy atom. The van der Waals surface area contributed by atoms with Crippen molar-refractivity contribution in [2.45, 2.75) is 26.0 Å². The number of nitro benzene ring substituents is 1. The van der Waals surface area contributed by atoms with Crippen molar-refractivity contribution in [2.24, 2.45) is 5.92 Å². The van der Waals surface area contributed by atoms with Gasteiger partial charge in [-0.1, -0.05) is 13.0 Å². The number of nitro groups is 1. The van der Waals surface area contributed by atoms with E-state index < -0.39 is 4.92 Å². The van der Waals surface area contributed by atoms with Crippen molar-refractivity contribution < 1.29 is 10.0 Å². The number of aliphatic hydroxyl groups is 1. The van der Waals surface area contributed by atoms with Gasteiger partial charge in [-0.15, -0.1) is 0 Å². The first-order valence-electron chi connectivity index (χ1n) is 6.40. The summed E-state index contributed by atoms with van der Waals surface area (Å²) >= 11 is 0. The molecule has 1 aromatic carbocycles. The molecule has 2 unspecified atom stereocenters. The van der Waals surface area contributed by atoms with Crippen LogP contribution in [0.2, 0.25) is 0 Å². The van der Waals surface area contributed by atoms with Crippen LogP contribution in [0.15, 0.2) is 18.2 Å². The van der Waals surface area contributed by atoms with Gasteiger partial charge in [-0.3, -0.25) is 15.0 Å². The lowest BCUT2D eigenvalue weighted by Gasteiger charge is -2.34. The maximum Gasteiger partial charge on any atom is 0.292 e. The molecular weight excluding hydrogens is 246 g/mol. The summed E-state index contributed by atoms with van der Waals surface area (Å²) in [6, 6.07) is 4.80. The number of benzene rings is 1. The molecule has 1 aliphatic heterocycles. The maximum atomic E-state index is 10.7. The SMILES string of the molecule is CC1CCN(Cc2ccc([N+](=O)[O-])c(N)c2)CC1O. The zero-order valence-corrected chi connectivity index (χ0v) is 11.0. The Bertz CT molecular complexity index is 478. The second-order valence-electron chi connectivity index (χ2n) is 5.22. The molecular formula is C13H19N3O3. The lowest BCUT2D eigenvalue weighted by atomic mass is 9.96. The van der Waals surface area contributed by atoms with Crippen LogP contribution in [-0.4, -0.2) is 34.1 Å². The summed E-state index contributed by atoms with van der Waals surface area (Å²) in [5.41, 5.74) is 6.73. The lowest BCUT2D eigenvalue weighted by molar-refractivity contribution is -0.383. The van der Waals surface area contributed by atoms with Gasteiger partial charge in [0.25, 0.3) is 5.69 Å². The summed E-state index contributed by atoms with van der Waals surface area (Å²) in [5.74, 6) is 0.332. The molecule has 0 bridgehead atoms. The van der Waals surface area contributed by atoms with Crippen LogP contribution >= 0.6 is 0 Å². The molecule has 1 saturated heterocycles. The molecule has 1 fully saturated rings. The molecule has 1 heterocycles. The molecule has 0 saturated carbocycles. The Labute approximate surface area is 112 Å². The molecule has 0 aromatic heterocycles. The number of β-amino-alcohol motifs (C(OH)–C–C–N with tert-alkyl or cyclic N) is 1. The van der Waals surface area contributed by atoms with E-state index in [9.17, 15) is 15.2 Å². The number of aliphatic hydroxyl groups excluding tert-OH is 1. The van der Waals surface area contributed by atoms with Gasteiger partial charge in [0, 0.05) is 19.2 Å². The molecule has 6 nitrogen and oxygen atoms in total. The number of nitrogens with zero attached hydrogens (tertiary/aromatic N) is 2. The fraction of sp³-hybridized carbons (Fsp3) is 0.538. The summed E-state index contributed by atoms with van der Waals surface area (Å²) in [4.78, 5) is 12.3. The van der Waals surface area contributed by atoms with Crippen LogP contribution in [0.3, 0.4) is 0 Å². The van der Waals surface area contributed by atoms with Crippen molar-refractivity contribution in [3.63, 3.8) is 0 Å². The highest BCUT2D eigenvalue weighted by Gasteiger charge is 2.24. The fourth-order valence-corrected chi connectivity index (χ4v) is 2.38. The number of hydrogen-bond donors (Lipinski definition) is 2. The first-order chi connectivity index (χ1) is 8.97. The van der Waals surface area contributed by atoms with E-state index in [4.69, 9.17) is 5.73 Å². The van der Waals surface area contributed by atoms with Gasteiger partial charge in [-0.25, -0.2) is 0 Å². The molecule has 0 aliphatic carbocycles. The summed E-state index contributed by atoms with van der Waals surface area (Å²) in [6.45, 7) is 4.27. The molecule has 0 amide bonds. The number of piperidine rings is 1. The highest BCUT2D eigenvalue weighted by Crippen LogP contribution is 2.24. The minimum absolute atomic E-state index is 0.0592. The van der Waals surface area contributed by atoms with Crippen LogP contribution in [0, 0.1) is 16.0 Å². The van der Waals surface area contributed by atoms with Gasteiger partial charge in [-0.05, 0) is 30.5 Å². The van der Waals surface area contributed by atoms with Crippen LogP contribution in [0.25, 0.3) is 0 Å². The predicted molar refractivity (Wildman–Crippen MR) is 72.6 cm³/mol. The zero-order valence-electron chi connectivity index (χ0n) is 11.0. The average molecular weight is 265 g/mol. The first kappa shape index (κ1) is 13.8. The van der Waals surface area contributed by atoms with Crippen molar-refractivity contribution in [1.82, 2.24) is 4.90 Å². The standard InChI is InChI=1S/C13H19N3O3/c1-9-4-5-15(8-13(9)17)7-10-2-3-12(16(18)19)11(14)6-10/h2-3,6,9,13,17H,4-5,7-8,14H2,1H3. The largest absolute Gasteiger partial charge is 0.393 e. The lowest BCUT2D eigenvalue weighted by Crippen LogP contribution is -2.42. The van der Waals surface area contributed by atoms with Crippen molar-refractivity contribution in [3.8, 4) is 0 Å². The molecule has 2 rings (SSSR count). The molecule has 6 heteroatoms. The van der Waals surface area contributed by atoms with E-state index in [1.807, 2.05) is 6.92 Å². The summed E-state index contributed by atoms with van der Waals surface area (Å²) in [5, 5.41) is 20.5. The molecule has 1 aromatic rings. The number of rotatable bonds is 3. The molecule has 19 heavy (non-hydrogen) atoms. The second kappa shape index (κ2) is 5.54. The number of nitrogens with two attached hydrogens (primary N) is 1. The van der Waals surface area contributed by atoms with E-state index in [0.717, 1.165) is 18.5 Å². The van der Waals surface area contributed by atoms with Crippen LogP contribution in [0.5, 0.6) is 0 Å². The van der Waals surface area contributed by atoms with Gasteiger partial charge in [0.05, 0.1) is 11.0 Å². The Balaban J connectivity index is 2.04. The smallest absolute Gasteiger partial charge is 0.292 e. The number of nitrogen functional groups attached to an aromatic ring is 1. The van der Waals surface area contributed by atoms with Crippen molar-refractivity contribution >= 4 is 11.4 Å². The quantitative estimate of drug-likeness (QED) is 0.489. The third-order valence-corrected chi connectivity index (χ3v) is 3.70. The van der Waals surface area contributed by atoms with Gasteiger partial charge >= 0.3 is 0 Å². The molecule has 1 aliphatic rings. The van der Waals surface area contributed by atoms with E-state index in [2.05, 4.69) is 4.90 Å². The highest BCUT2D eigenvalue weighted by molar-refractivity contribution is 5.59. The van der Waals surface area contributed by atoms with Crippen LogP contribution in [0.4, 0.5) is 11.4 Å². The zero-order chi connectivity index (χ0) is 14.0. The maximum absolute atomic E-state index is 10.7. The van der Waals surface area contributed by atoms with Crippen LogP contribution in [-0.2, 0) is 6.54 Å². The van der Waals surface area contributed by atoms with Crippen LogP contribution < -0.4 is 5.73 Å². The third kappa shape index (κ3) is 3.21. The Hall–Kier alpha value is -1.66. The van der Waals surface area contributed by atoms with E-state index in [1.54, 1.807) is 12.1 Å². The summed E-state index contributed by atoms with van der Waals surface area (Å²) in [6.07, 6.45) is 0.660. The number of anilines is 1. The normalized spacial score (nSPS) is 24.3. The molecule has 104 valence electrons. The van der Waals surface area contributed by atoms with Crippen molar-refractivity contribution in [1.29, 1.82) is 0 Å². The third-order valence-electron chi connectivity index (χ3n) is 3.70. The predicted octanol–water partition coefficient (Wildman–Crippen LogP) is 1.38. The van der Waals surface area contributed by atoms with Gasteiger partial charge in [0.2, 0.25) is 0 Å². The average Bonchev–Trinajstić information content (AvgIpc) is 2.33. The van der Waals surface area contributed by atoms with Gasteiger partial charge in [0.1, 0.15) is 5.69 Å².